The quantitative estimate of drug-likeness (QED) is 0.804. The van der Waals surface area contributed by atoms with E-state index in [1.54, 1.807) is 29.5 Å². The van der Waals surface area contributed by atoms with Crippen LogP contribution in [0.25, 0.3) is 5.69 Å². The summed E-state index contributed by atoms with van der Waals surface area (Å²) in [6.45, 7) is 3.98. The highest BCUT2D eigenvalue weighted by atomic mass is 16.1. The van der Waals surface area contributed by atoms with Crippen molar-refractivity contribution in [1.82, 2.24) is 19.7 Å². The molecule has 6 nitrogen and oxygen atoms in total. The molecule has 0 aliphatic heterocycles. The van der Waals surface area contributed by atoms with Gasteiger partial charge in [0.1, 0.15) is 5.82 Å². The Morgan fingerprint density at radius 2 is 1.91 bits per heavy atom. The van der Waals surface area contributed by atoms with E-state index in [0.717, 1.165) is 23.5 Å². The molecule has 0 bridgehead atoms. The molecule has 6 heteroatoms. The summed E-state index contributed by atoms with van der Waals surface area (Å²) < 4.78 is 1.70. The molecule has 0 unspecified atom stereocenters. The summed E-state index contributed by atoms with van der Waals surface area (Å²) in [4.78, 5) is 20.6. The van der Waals surface area contributed by atoms with Crippen LogP contribution in [-0.2, 0) is 6.42 Å². The van der Waals surface area contributed by atoms with Crippen molar-refractivity contribution in [3.8, 4) is 5.69 Å². The van der Waals surface area contributed by atoms with Crippen LogP contribution in [0.2, 0.25) is 0 Å². The number of aromatic nitrogens is 4. The second kappa shape index (κ2) is 6.39. The summed E-state index contributed by atoms with van der Waals surface area (Å²) in [6.07, 6.45) is 7.23. The van der Waals surface area contributed by atoms with Crippen LogP contribution in [0.4, 0.5) is 5.69 Å². The topological polar surface area (TPSA) is 72.7 Å². The number of nitrogens with zero attached hydrogens (tertiary/aromatic N) is 4. The Balaban J connectivity index is 1.77. The first-order chi connectivity index (χ1) is 11.2. The van der Waals surface area contributed by atoms with Crippen LogP contribution in [-0.4, -0.2) is 25.7 Å². The number of carbonyl (C=O) groups excluding carboxylic acids is 1. The third-order valence-electron chi connectivity index (χ3n) is 3.49. The van der Waals surface area contributed by atoms with Gasteiger partial charge in [-0.25, -0.2) is 14.6 Å². The van der Waals surface area contributed by atoms with Crippen LogP contribution >= 0.6 is 0 Å². The van der Waals surface area contributed by atoms with Gasteiger partial charge in [-0.05, 0) is 18.6 Å². The van der Waals surface area contributed by atoms with Crippen molar-refractivity contribution in [2.45, 2.75) is 20.3 Å². The Morgan fingerprint density at radius 1 is 1.17 bits per heavy atom. The van der Waals surface area contributed by atoms with Crippen molar-refractivity contribution in [1.29, 1.82) is 0 Å². The van der Waals surface area contributed by atoms with Gasteiger partial charge in [-0.1, -0.05) is 25.1 Å². The molecule has 3 aromatic rings. The number of hydrogen-bond donors (Lipinski definition) is 1. The highest BCUT2D eigenvalue weighted by molar-refractivity contribution is 6.03. The van der Waals surface area contributed by atoms with Gasteiger partial charge in [-0.2, -0.15) is 5.10 Å². The molecule has 23 heavy (non-hydrogen) atoms. The zero-order chi connectivity index (χ0) is 16.2. The molecule has 0 aliphatic carbocycles. The Hall–Kier alpha value is -3.02. The predicted octanol–water partition coefficient (Wildman–Crippen LogP) is 2.79. The molecule has 116 valence electrons. The van der Waals surface area contributed by atoms with E-state index in [1.165, 1.54) is 0 Å². The average molecular weight is 307 g/mol. The van der Waals surface area contributed by atoms with E-state index in [-0.39, 0.29) is 5.91 Å². The van der Waals surface area contributed by atoms with Crippen LogP contribution in [0.1, 0.15) is 28.7 Å². The van der Waals surface area contributed by atoms with Gasteiger partial charge in [0.25, 0.3) is 5.91 Å². The normalized spacial score (nSPS) is 10.5. The fourth-order valence-electron chi connectivity index (χ4n) is 2.20. The molecule has 2 aromatic heterocycles. The Kier molecular flexibility index (Phi) is 4.14. The van der Waals surface area contributed by atoms with Crippen molar-refractivity contribution in [2.75, 3.05) is 5.32 Å². The number of aryl methyl sites for hydroxylation is 2. The first-order valence-corrected chi connectivity index (χ1v) is 7.40. The Morgan fingerprint density at radius 3 is 2.61 bits per heavy atom. The lowest BCUT2D eigenvalue weighted by Gasteiger charge is -2.05. The first-order valence-electron chi connectivity index (χ1n) is 7.40. The highest BCUT2D eigenvalue weighted by Crippen LogP contribution is 2.14. The summed E-state index contributed by atoms with van der Waals surface area (Å²) in [5.74, 6) is 0.507. The predicted molar refractivity (Wildman–Crippen MR) is 87.7 cm³/mol. The Bertz CT molecular complexity index is 823. The third-order valence-corrected chi connectivity index (χ3v) is 3.49. The van der Waals surface area contributed by atoms with Crippen LogP contribution in [0.15, 0.2) is 49.1 Å². The average Bonchev–Trinajstić information content (AvgIpc) is 3.06. The zero-order valence-electron chi connectivity index (χ0n) is 13.0. The van der Waals surface area contributed by atoms with E-state index in [2.05, 4.69) is 20.4 Å². The number of benzene rings is 1. The summed E-state index contributed by atoms with van der Waals surface area (Å²) >= 11 is 0. The second-order valence-electron chi connectivity index (χ2n) is 5.16. The number of carbonyl (C=O) groups is 1. The van der Waals surface area contributed by atoms with Crippen LogP contribution in [0.5, 0.6) is 0 Å². The minimum absolute atomic E-state index is 0.238. The lowest BCUT2D eigenvalue weighted by Crippen LogP contribution is -2.12. The van der Waals surface area contributed by atoms with Crippen LogP contribution in [0.3, 0.4) is 0 Å². The molecule has 0 atom stereocenters. The molecule has 1 amide bonds. The van der Waals surface area contributed by atoms with Crippen LogP contribution in [0, 0.1) is 6.92 Å². The molecular weight excluding hydrogens is 290 g/mol. The minimum atomic E-state index is -0.238. The lowest BCUT2D eigenvalue weighted by molar-refractivity contribution is 0.102. The molecule has 0 aliphatic rings. The van der Waals surface area contributed by atoms with Crippen LogP contribution < -0.4 is 5.32 Å². The molecule has 2 heterocycles. The van der Waals surface area contributed by atoms with Crippen molar-refractivity contribution < 1.29 is 4.79 Å². The summed E-state index contributed by atoms with van der Waals surface area (Å²) in [6, 6.07) is 7.87. The maximum Gasteiger partial charge on any atom is 0.258 e. The SMILES string of the molecule is CCc1ncc(NC(=O)c2cnn(-c3ccccc3C)c2)cn1. The summed E-state index contributed by atoms with van der Waals surface area (Å²) in [5, 5.41) is 7.03. The van der Waals surface area contributed by atoms with E-state index in [0.29, 0.717) is 11.3 Å². The summed E-state index contributed by atoms with van der Waals surface area (Å²) in [5.41, 5.74) is 3.08. The minimum Gasteiger partial charge on any atom is -0.319 e. The van der Waals surface area contributed by atoms with E-state index in [1.807, 2.05) is 38.1 Å². The maximum atomic E-state index is 12.3. The van der Waals surface area contributed by atoms with Gasteiger partial charge in [-0.3, -0.25) is 4.79 Å². The van der Waals surface area contributed by atoms with Crippen molar-refractivity contribution in [3.05, 3.63) is 66.0 Å². The van der Waals surface area contributed by atoms with Crippen molar-refractivity contribution in [2.24, 2.45) is 0 Å². The molecule has 1 N–H and O–H groups in total. The molecular formula is C17H17N5O. The number of amides is 1. The van der Waals surface area contributed by atoms with Crippen molar-refractivity contribution in [3.63, 3.8) is 0 Å². The second-order valence-corrected chi connectivity index (χ2v) is 5.16. The molecule has 3 rings (SSSR count). The van der Waals surface area contributed by atoms with E-state index in [4.69, 9.17) is 0 Å². The van der Waals surface area contributed by atoms with Gasteiger partial charge in [-0.15, -0.1) is 0 Å². The molecule has 0 fully saturated rings. The Labute approximate surface area is 134 Å². The smallest absolute Gasteiger partial charge is 0.258 e. The first kappa shape index (κ1) is 14.9. The van der Waals surface area contributed by atoms with Gasteiger partial charge in [0, 0.05) is 12.6 Å². The van der Waals surface area contributed by atoms with E-state index < -0.39 is 0 Å². The zero-order valence-corrected chi connectivity index (χ0v) is 13.0. The van der Waals surface area contributed by atoms with Gasteiger partial charge in [0.15, 0.2) is 0 Å². The highest BCUT2D eigenvalue weighted by Gasteiger charge is 2.11. The summed E-state index contributed by atoms with van der Waals surface area (Å²) in [7, 11) is 0. The number of nitrogens with one attached hydrogen (secondary N) is 1. The van der Waals surface area contributed by atoms with E-state index in [9.17, 15) is 4.79 Å². The fraction of sp³-hybridized carbons (Fsp3) is 0.176. The molecule has 0 saturated carbocycles. The van der Waals surface area contributed by atoms with E-state index >= 15 is 0 Å². The molecule has 1 aromatic carbocycles. The lowest BCUT2D eigenvalue weighted by atomic mass is 10.2. The number of rotatable bonds is 4. The molecule has 0 spiro atoms. The largest absolute Gasteiger partial charge is 0.319 e. The fourth-order valence-corrected chi connectivity index (χ4v) is 2.20. The monoisotopic (exact) mass is 307 g/mol. The van der Waals surface area contributed by atoms with Crippen molar-refractivity contribution >= 4 is 11.6 Å². The third kappa shape index (κ3) is 3.26. The van der Waals surface area contributed by atoms with Gasteiger partial charge in [0.05, 0.1) is 35.5 Å². The van der Waals surface area contributed by atoms with Gasteiger partial charge < -0.3 is 5.32 Å². The maximum absolute atomic E-state index is 12.3. The number of anilines is 1. The number of hydrogen-bond acceptors (Lipinski definition) is 4. The van der Waals surface area contributed by atoms with Gasteiger partial charge in [0.2, 0.25) is 0 Å². The molecule has 0 saturated heterocycles. The molecule has 0 radical (unpaired) electrons. The standard InChI is InChI=1S/C17H17N5O/c1-3-16-18-9-14(10-19-16)21-17(23)13-8-20-22(11-13)15-7-5-4-6-12(15)2/h4-11H,3H2,1-2H3,(H,21,23). The van der Waals surface area contributed by atoms with Gasteiger partial charge >= 0.3 is 0 Å². The number of para-hydroxylation sites is 1.